The first-order chi connectivity index (χ1) is 19.8. The molecule has 0 N–H and O–H groups in total. The summed E-state index contributed by atoms with van der Waals surface area (Å²) in [7, 11) is 0. The Balaban J connectivity index is 0.00000201. The highest BCUT2D eigenvalue weighted by Crippen LogP contribution is 2.26. The fourth-order valence-corrected chi connectivity index (χ4v) is 4.47. The van der Waals surface area contributed by atoms with Crippen molar-refractivity contribution in [1.82, 2.24) is 0 Å². The lowest BCUT2D eigenvalue weighted by Crippen LogP contribution is -2.05. The second-order valence-corrected chi connectivity index (χ2v) is 9.92. The number of benzene rings is 3. The van der Waals surface area contributed by atoms with Crippen LogP contribution in [-0.4, -0.2) is 12.5 Å². The van der Waals surface area contributed by atoms with Crippen molar-refractivity contribution in [2.24, 2.45) is 5.92 Å². The van der Waals surface area contributed by atoms with E-state index in [1.807, 2.05) is 109 Å². The first-order valence-corrected chi connectivity index (χ1v) is 14.9. The van der Waals surface area contributed by atoms with E-state index in [2.05, 4.69) is 31.6 Å². The van der Waals surface area contributed by atoms with E-state index in [1.165, 1.54) is 11.1 Å². The normalized spacial score (nSPS) is 10.4. The summed E-state index contributed by atoms with van der Waals surface area (Å²) in [5.41, 5.74) is 7.22. The van der Waals surface area contributed by atoms with Gasteiger partial charge in [-0.3, -0.25) is 0 Å². The van der Waals surface area contributed by atoms with Gasteiger partial charge >= 0.3 is 0 Å². The van der Waals surface area contributed by atoms with E-state index in [9.17, 15) is 4.79 Å². The van der Waals surface area contributed by atoms with Crippen LogP contribution in [0.4, 0.5) is 0 Å². The molecule has 0 aromatic heterocycles. The molecule has 0 aliphatic carbocycles. The molecule has 3 rings (SSSR count). The molecule has 0 saturated heterocycles. The van der Waals surface area contributed by atoms with E-state index >= 15 is 0 Å². The topological polar surface area (TPSA) is 35.5 Å². The van der Waals surface area contributed by atoms with E-state index < -0.39 is 0 Å². The first kappa shape index (κ1) is 35.5. The van der Waals surface area contributed by atoms with E-state index in [4.69, 9.17) is 21.1 Å². The Morgan fingerprint density at radius 3 is 2.15 bits per heavy atom. The summed E-state index contributed by atoms with van der Waals surface area (Å²) in [5, 5.41) is 0.641. The fourth-order valence-electron chi connectivity index (χ4n) is 4.10. The lowest BCUT2D eigenvalue weighted by molar-refractivity contribution is 0.300. The number of carbonyl (C=O) groups excluding carboxylic acids is 1. The third-order valence-electron chi connectivity index (χ3n) is 6.34. The summed E-state index contributed by atoms with van der Waals surface area (Å²) >= 11 is 6.50. The average molecular weight is 575 g/mol. The van der Waals surface area contributed by atoms with Crippen LogP contribution in [0, 0.1) is 19.8 Å². The molecule has 41 heavy (non-hydrogen) atoms. The third kappa shape index (κ3) is 11.9. The Labute approximate surface area is 253 Å². The molecule has 0 amide bonds. The van der Waals surface area contributed by atoms with Gasteiger partial charge in [0.15, 0.2) is 0 Å². The van der Waals surface area contributed by atoms with Gasteiger partial charge in [0.2, 0.25) is 0 Å². The SMILES string of the molecule is C=C(/C=C(/Cl)c1ccccc1C)COc1cccc(OCc2cccc(C)c2CCC(=C=O)C(C)C)c1.CC.CC. The Kier molecular flexibility index (Phi) is 16.9. The van der Waals surface area contributed by atoms with Gasteiger partial charge in [0.1, 0.15) is 30.7 Å². The highest BCUT2D eigenvalue weighted by molar-refractivity contribution is 6.49. The molecule has 0 spiro atoms. The molecule has 4 heteroatoms. The maximum Gasteiger partial charge on any atom is 0.123 e. The molecule has 3 aromatic carbocycles. The van der Waals surface area contributed by atoms with Crippen molar-refractivity contribution in [3.05, 3.63) is 118 Å². The van der Waals surface area contributed by atoms with Crippen molar-refractivity contribution in [1.29, 1.82) is 0 Å². The minimum atomic E-state index is 0.203. The summed E-state index contributed by atoms with van der Waals surface area (Å²) in [6, 6.07) is 21.8. The first-order valence-electron chi connectivity index (χ1n) is 14.6. The molecule has 0 aliphatic rings. The zero-order valence-corrected chi connectivity index (χ0v) is 26.9. The van der Waals surface area contributed by atoms with Gasteiger partial charge in [-0.15, -0.1) is 0 Å². The highest BCUT2D eigenvalue weighted by atomic mass is 35.5. The largest absolute Gasteiger partial charge is 0.489 e. The summed E-state index contributed by atoms with van der Waals surface area (Å²) in [6.45, 7) is 21.0. The molecule has 0 aliphatic heterocycles. The van der Waals surface area contributed by atoms with Crippen LogP contribution in [0.2, 0.25) is 0 Å². The van der Waals surface area contributed by atoms with Crippen LogP contribution >= 0.6 is 11.6 Å². The van der Waals surface area contributed by atoms with Crippen molar-refractivity contribution in [2.45, 2.75) is 74.8 Å². The molecule has 220 valence electrons. The second-order valence-electron chi connectivity index (χ2n) is 9.51. The molecular weight excluding hydrogens is 528 g/mol. The van der Waals surface area contributed by atoms with Gasteiger partial charge in [0.25, 0.3) is 0 Å². The second kappa shape index (κ2) is 19.5. The van der Waals surface area contributed by atoms with Crippen LogP contribution in [0.5, 0.6) is 11.5 Å². The molecule has 0 atom stereocenters. The summed E-state index contributed by atoms with van der Waals surface area (Å²) < 4.78 is 12.1. The zero-order valence-electron chi connectivity index (χ0n) is 26.1. The number of rotatable bonds is 12. The van der Waals surface area contributed by atoms with Gasteiger partial charge in [-0.25, -0.2) is 4.79 Å². The van der Waals surface area contributed by atoms with Crippen LogP contribution in [0.1, 0.15) is 75.8 Å². The van der Waals surface area contributed by atoms with Crippen LogP contribution in [0.25, 0.3) is 5.03 Å². The number of ether oxygens (including phenoxy) is 2. The average Bonchev–Trinajstić information content (AvgIpc) is 2.98. The van der Waals surface area contributed by atoms with Crippen LogP contribution in [0.3, 0.4) is 0 Å². The molecule has 0 unspecified atom stereocenters. The maximum absolute atomic E-state index is 11.3. The van der Waals surface area contributed by atoms with E-state index in [0.717, 1.165) is 40.0 Å². The minimum Gasteiger partial charge on any atom is -0.489 e. The quantitative estimate of drug-likeness (QED) is 0.159. The van der Waals surface area contributed by atoms with E-state index in [0.29, 0.717) is 30.4 Å². The van der Waals surface area contributed by atoms with Gasteiger partial charge in [0.05, 0.1) is 0 Å². The van der Waals surface area contributed by atoms with Crippen molar-refractivity contribution in [2.75, 3.05) is 6.61 Å². The van der Waals surface area contributed by atoms with Crippen molar-refractivity contribution < 1.29 is 14.3 Å². The van der Waals surface area contributed by atoms with Crippen LogP contribution < -0.4 is 9.47 Å². The molecule has 3 nitrogen and oxygen atoms in total. The summed E-state index contributed by atoms with van der Waals surface area (Å²) in [5.74, 6) is 3.74. The minimum absolute atomic E-state index is 0.203. The van der Waals surface area contributed by atoms with Gasteiger partial charge in [-0.1, -0.05) is 108 Å². The predicted molar refractivity (Wildman–Crippen MR) is 177 cm³/mol. The lowest BCUT2D eigenvalue weighted by atomic mass is 9.93. The zero-order chi connectivity index (χ0) is 30.8. The molecule has 0 heterocycles. The van der Waals surface area contributed by atoms with Gasteiger partial charge in [-0.05, 0) is 84.2 Å². The van der Waals surface area contributed by atoms with Crippen molar-refractivity contribution in [3.8, 4) is 11.5 Å². The van der Waals surface area contributed by atoms with Crippen LogP contribution in [0.15, 0.2) is 90.5 Å². The molecule has 0 bridgehead atoms. The van der Waals surface area contributed by atoms with Crippen molar-refractivity contribution >= 4 is 22.6 Å². The number of allylic oxidation sites excluding steroid dienone is 1. The number of hydrogen-bond acceptors (Lipinski definition) is 3. The summed E-state index contributed by atoms with van der Waals surface area (Å²) in [6.07, 6.45) is 3.33. The fraction of sp³-hybridized carbons (Fsp3) is 0.351. The maximum atomic E-state index is 11.3. The Hall–Kier alpha value is -3.52. The van der Waals surface area contributed by atoms with E-state index in [1.54, 1.807) is 0 Å². The number of halogens is 1. The highest BCUT2D eigenvalue weighted by Gasteiger charge is 2.11. The third-order valence-corrected chi connectivity index (χ3v) is 6.65. The van der Waals surface area contributed by atoms with Gasteiger partial charge < -0.3 is 9.47 Å². The molecular formula is C37H47ClO3. The predicted octanol–water partition coefficient (Wildman–Crippen LogP) is 10.5. The lowest BCUT2D eigenvalue weighted by Gasteiger charge is -2.15. The molecule has 0 radical (unpaired) electrons. The molecule has 0 fully saturated rings. The van der Waals surface area contributed by atoms with E-state index in [-0.39, 0.29) is 5.92 Å². The number of aryl methyl sites for hydroxylation is 2. The Morgan fingerprint density at radius 1 is 0.902 bits per heavy atom. The Morgan fingerprint density at radius 2 is 1.51 bits per heavy atom. The molecule has 3 aromatic rings. The smallest absolute Gasteiger partial charge is 0.123 e. The van der Waals surface area contributed by atoms with Gasteiger partial charge in [0, 0.05) is 16.7 Å². The van der Waals surface area contributed by atoms with Gasteiger partial charge in [-0.2, -0.15) is 0 Å². The molecule has 0 saturated carbocycles. The summed E-state index contributed by atoms with van der Waals surface area (Å²) in [4.78, 5) is 11.3. The monoisotopic (exact) mass is 574 g/mol. The Bertz CT molecular complexity index is 1310. The number of hydrogen-bond donors (Lipinski definition) is 0. The van der Waals surface area contributed by atoms with Crippen LogP contribution in [-0.2, 0) is 17.8 Å². The van der Waals surface area contributed by atoms with Crippen molar-refractivity contribution in [3.63, 3.8) is 0 Å². The standard InChI is InChI=1S/C33H35ClO3.2C2H6/c1-23(2)27(20-35)16-17-31-25(4)11-8-12-28(31)22-37-30-14-9-13-29(19-30)36-21-24(3)18-33(34)32-15-7-6-10-26(32)5;2*1-2/h6-15,18-19,23H,3,16-17,21-22H2,1-2,4-5H3;2*1-2H3/b33-18+;;.